The number of benzene rings is 1. The van der Waals surface area contributed by atoms with Gasteiger partial charge < -0.3 is 5.32 Å². The van der Waals surface area contributed by atoms with Crippen LogP contribution in [-0.4, -0.2) is 16.7 Å². The van der Waals surface area contributed by atoms with Crippen LogP contribution in [0.3, 0.4) is 0 Å². The van der Waals surface area contributed by atoms with Crippen molar-refractivity contribution in [3.8, 4) is 0 Å². The average Bonchev–Trinajstić information content (AvgIpc) is 2.76. The minimum atomic E-state index is -0.232. The number of hydrogen-bond donors (Lipinski definition) is 1. The predicted octanol–water partition coefficient (Wildman–Crippen LogP) is 2.91. The van der Waals surface area contributed by atoms with Gasteiger partial charge in [0, 0.05) is 16.1 Å². The average molecular weight is 260 g/mol. The molecule has 1 heterocycles. The van der Waals surface area contributed by atoms with Crippen molar-refractivity contribution in [2.45, 2.75) is 13.8 Å². The second-order valence-electron chi connectivity index (χ2n) is 3.84. The molecule has 0 aliphatic heterocycles. The van der Waals surface area contributed by atoms with Crippen LogP contribution in [0.4, 0.5) is 5.69 Å². The summed E-state index contributed by atoms with van der Waals surface area (Å²) in [6, 6.07) is 6.78. The Balaban J connectivity index is 2.13. The molecule has 0 aliphatic rings. The number of nitrogens with zero attached hydrogens (tertiary/aromatic N) is 1. The number of aromatic nitrogens is 1. The van der Waals surface area contributed by atoms with E-state index < -0.39 is 0 Å². The zero-order valence-electron chi connectivity index (χ0n) is 10.1. The van der Waals surface area contributed by atoms with Crippen LogP contribution in [0.5, 0.6) is 0 Å². The summed E-state index contributed by atoms with van der Waals surface area (Å²) in [6.07, 6.45) is 0. The number of amides is 1. The van der Waals surface area contributed by atoms with E-state index in [1.165, 1.54) is 18.3 Å². The highest BCUT2D eigenvalue weighted by atomic mass is 32.1. The summed E-state index contributed by atoms with van der Waals surface area (Å²) in [6.45, 7) is 3.36. The van der Waals surface area contributed by atoms with Crippen LogP contribution in [0.25, 0.3) is 0 Å². The van der Waals surface area contributed by atoms with Crippen LogP contribution in [0.2, 0.25) is 0 Å². The Kier molecular flexibility index (Phi) is 3.53. The molecule has 1 N–H and O–H groups in total. The number of carbonyl (C=O) groups excluding carboxylic acids is 2. The lowest BCUT2D eigenvalue weighted by atomic mass is 10.1. The predicted molar refractivity (Wildman–Crippen MR) is 71.3 cm³/mol. The van der Waals surface area contributed by atoms with Gasteiger partial charge in [-0.3, -0.25) is 9.59 Å². The molecule has 1 aromatic carbocycles. The second kappa shape index (κ2) is 5.10. The molecule has 0 spiro atoms. The van der Waals surface area contributed by atoms with Crippen LogP contribution >= 0.6 is 11.3 Å². The molecule has 0 fully saturated rings. The Morgan fingerprint density at radius 2 is 1.89 bits per heavy atom. The Bertz CT molecular complexity index is 587. The highest BCUT2D eigenvalue weighted by Gasteiger charge is 2.11. The van der Waals surface area contributed by atoms with E-state index in [4.69, 9.17) is 0 Å². The number of nitrogens with one attached hydrogen (secondary N) is 1. The van der Waals surface area contributed by atoms with Gasteiger partial charge in [0.05, 0.1) is 5.51 Å². The van der Waals surface area contributed by atoms with Crippen LogP contribution in [0.15, 0.2) is 29.8 Å². The smallest absolute Gasteiger partial charge is 0.275 e. The number of ketones is 1. The molecule has 0 saturated carbocycles. The molecule has 2 rings (SSSR count). The number of anilines is 1. The first kappa shape index (κ1) is 12.4. The van der Waals surface area contributed by atoms with Gasteiger partial charge >= 0.3 is 0 Å². The molecule has 0 aliphatic carbocycles. The van der Waals surface area contributed by atoms with Crippen molar-refractivity contribution in [3.63, 3.8) is 0 Å². The number of Topliss-reactive ketones (excluding diaryl/α,β-unsaturated/α-hetero) is 1. The standard InChI is InChI=1S/C13H12N2O2S/c1-8(16)10-3-5-11(6-4-10)15-13(17)12-9(2)18-7-14-12/h3-7H,1-2H3,(H,15,17). The van der Waals surface area contributed by atoms with E-state index in [2.05, 4.69) is 10.3 Å². The molecule has 92 valence electrons. The van der Waals surface area contributed by atoms with Crippen LogP contribution in [-0.2, 0) is 0 Å². The van der Waals surface area contributed by atoms with Gasteiger partial charge in [-0.05, 0) is 38.1 Å². The van der Waals surface area contributed by atoms with Gasteiger partial charge in [-0.2, -0.15) is 0 Å². The highest BCUT2D eigenvalue weighted by Crippen LogP contribution is 2.15. The number of thiazole rings is 1. The quantitative estimate of drug-likeness (QED) is 0.863. The molecule has 0 radical (unpaired) electrons. The minimum absolute atomic E-state index is 0.00298. The van der Waals surface area contributed by atoms with E-state index in [0.717, 1.165) is 4.88 Å². The maximum atomic E-state index is 11.9. The topological polar surface area (TPSA) is 59.1 Å². The van der Waals surface area contributed by atoms with Gasteiger partial charge in [-0.1, -0.05) is 0 Å². The lowest BCUT2D eigenvalue weighted by Gasteiger charge is -2.04. The molecule has 1 aromatic heterocycles. The molecule has 0 unspecified atom stereocenters. The number of hydrogen-bond acceptors (Lipinski definition) is 4. The first-order valence-electron chi connectivity index (χ1n) is 5.40. The van der Waals surface area contributed by atoms with Crippen LogP contribution < -0.4 is 5.32 Å². The van der Waals surface area contributed by atoms with Gasteiger partial charge in [-0.15, -0.1) is 11.3 Å². The Morgan fingerprint density at radius 1 is 1.22 bits per heavy atom. The fourth-order valence-corrected chi connectivity index (χ4v) is 2.08. The molecule has 18 heavy (non-hydrogen) atoms. The van der Waals surface area contributed by atoms with E-state index in [1.54, 1.807) is 29.8 Å². The van der Waals surface area contributed by atoms with E-state index in [0.29, 0.717) is 16.9 Å². The molecule has 1 amide bonds. The van der Waals surface area contributed by atoms with Crippen molar-refractivity contribution in [1.29, 1.82) is 0 Å². The minimum Gasteiger partial charge on any atom is -0.321 e. The lowest BCUT2D eigenvalue weighted by Crippen LogP contribution is -2.13. The van der Waals surface area contributed by atoms with Crippen molar-refractivity contribution in [2.24, 2.45) is 0 Å². The van der Waals surface area contributed by atoms with Gasteiger partial charge in [0.2, 0.25) is 0 Å². The zero-order valence-corrected chi connectivity index (χ0v) is 10.9. The van der Waals surface area contributed by atoms with Crippen molar-refractivity contribution < 1.29 is 9.59 Å². The monoisotopic (exact) mass is 260 g/mol. The lowest BCUT2D eigenvalue weighted by molar-refractivity contribution is 0.101. The maximum Gasteiger partial charge on any atom is 0.275 e. The Labute approximate surface area is 109 Å². The SMILES string of the molecule is CC(=O)c1ccc(NC(=O)c2ncsc2C)cc1. The van der Waals surface area contributed by atoms with E-state index in [-0.39, 0.29) is 11.7 Å². The summed E-state index contributed by atoms with van der Waals surface area (Å²) in [5.74, 6) is -0.229. The normalized spacial score (nSPS) is 10.1. The summed E-state index contributed by atoms with van der Waals surface area (Å²) >= 11 is 1.43. The van der Waals surface area contributed by atoms with Crippen molar-refractivity contribution in [1.82, 2.24) is 4.98 Å². The first-order chi connectivity index (χ1) is 8.58. The summed E-state index contributed by atoms with van der Waals surface area (Å²) < 4.78 is 0. The number of aryl methyl sites for hydroxylation is 1. The second-order valence-corrected chi connectivity index (χ2v) is 4.90. The summed E-state index contributed by atoms with van der Waals surface area (Å²) in [4.78, 5) is 27.9. The summed E-state index contributed by atoms with van der Waals surface area (Å²) in [5.41, 5.74) is 3.36. The van der Waals surface area contributed by atoms with Crippen molar-refractivity contribution in [2.75, 3.05) is 5.32 Å². The summed E-state index contributed by atoms with van der Waals surface area (Å²) in [5, 5.41) is 2.75. The molecule has 5 heteroatoms. The van der Waals surface area contributed by atoms with E-state index in [9.17, 15) is 9.59 Å². The van der Waals surface area contributed by atoms with E-state index in [1.807, 2.05) is 6.92 Å². The maximum absolute atomic E-state index is 11.9. The summed E-state index contributed by atoms with van der Waals surface area (Å²) in [7, 11) is 0. The fraction of sp³-hybridized carbons (Fsp3) is 0.154. The zero-order chi connectivity index (χ0) is 13.1. The number of carbonyl (C=O) groups is 2. The third-order valence-corrected chi connectivity index (χ3v) is 3.27. The molecule has 2 aromatic rings. The van der Waals surface area contributed by atoms with Crippen LogP contribution in [0, 0.1) is 6.92 Å². The molecule has 4 nitrogen and oxygen atoms in total. The Hall–Kier alpha value is -2.01. The Morgan fingerprint density at radius 3 is 2.39 bits per heavy atom. The third-order valence-electron chi connectivity index (χ3n) is 2.51. The van der Waals surface area contributed by atoms with Crippen molar-refractivity contribution in [3.05, 3.63) is 45.9 Å². The van der Waals surface area contributed by atoms with Gasteiger partial charge in [0.25, 0.3) is 5.91 Å². The molecule has 0 saturated heterocycles. The largest absolute Gasteiger partial charge is 0.321 e. The fourth-order valence-electron chi connectivity index (χ4n) is 1.50. The third kappa shape index (κ3) is 2.62. The van der Waals surface area contributed by atoms with Gasteiger partial charge in [0.15, 0.2) is 5.78 Å². The highest BCUT2D eigenvalue weighted by molar-refractivity contribution is 7.09. The van der Waals surface area contributed by atoms with Gasteiger partial charge in [0.1, 0.15) is 5.69 Å². The van der Waals surface area contributed by atoms with Crippen LogP contribution in [0.1, 0.15) is 32.6 Å². The molecular weight excluding hydrogens is 248 g/mol. The first-order valence-corrected chi connectivity index (χ1v) is 6.28. The van der Waals surface area contributed by atoms with E-state index >= 15 is 0 Å². The molecule has 0 bridgehead atoms. The van der Waals surface area contributed by atoms with Gasteiger partial charge in [-0.25, -0.2) is 4.98 Å². The molecular formula is C13H12N2O2S. The van der Waals surface area contributed by atoms with Crippen molar-refractivity contribution >= 4 is 28.7 Å². The number of rotatable bonds is 3. The molecule has 0 atom stereocenters.